The van der Waals surface area contributed by atoms with Gasteiger partial charge in [-0.25, -0.2) is 0 Å². The van der Waals surface area contributed by atoms with Crippen LogP contribution in [0.25, 0.3) is 0 Å². The number of carbonyl (C=O) groups excluding carboxylic acids is 2. The topological polar surface area (TPSA) is 70.4 Å². The molecule has 8 heteroatoms. The molecular formula is C24H20Cl2N3O3+. The van der Waals surface area contributed by atoms with E-state index < -0.39 is 12.1 Å². The van der Waals surface area contributed by atoms with Crippen molar-refractivity contribution < 1.29 is 19.0 Å². The molecule has 0 radical (unpaired) electrons. The number of halogens is 2. The zero-order valence-electron chi connectivity index (χ0n) is 17.1. The highest BCUT2D eigenvalue weighted by Crippen LogP contribution is 2.27. The number of carbonyl (C=O) groups is 2. The molecule has 3 aromatic rings. The van der Waals surface area contributed by atoms with Crippen molar-refractivity contribution in [2.75, 3.05) is 7.11 Å². The first kappa shape index (κ1) is 21.9. The number of nitrogens with one attached hydrogen (secondary N) is 2. The van der Waals surface area contributed by atoms with E-state index in [4.69, 9.17) is 27.9 Å². The van der Waals surface area contributed by atoms with E-state index in [1.54, 1.807) is 60.5 Å². The number of hydrogen-bond acceptors (Lipinski definition) is 3. The summed E-state index contributed by atoms with van der Waals surface area (Å²) in [5, 5.41) is 3.98. The van der Waals surface area contributed by atoms with Gasteiger partial charge in [-0.3, -0.25) is 9.59 Å². The first-order chi connectivity index (χ1) is 15.5. The lowest BCUT2D eigenvalue weighted by molar-refractivity contribution is -0.596. The molecule has 1 aliphatic rings. The molecule has 2 amide bonds. The summed E-state index contributed by atoms with van der Waals surface area (Å²) in [6, 6.07) is 19.8. The molecule has 0 saturated carbocycles. The number of hydrazine groups is 1. The van der Waals surface area contributed by atoms with Crippen LogP contribution in [0.15, 0.2) is 72.8 Å². The molecule has 0 spiro atoms. The van der Waals surface area contributed by atoms with Gasteiger partial charge in [0.25, 0.3) is 5.91 Å². The Balaban J connectivity index is 1.69. The minimum Gasteiger partial charge on any atom is -0.497 e. The Bertz CT molecular complexity index is 1180. The quantitative estimate of drug-likeness (QED) is 0.555. The molecule has 32 heavy (non-hydrogen) atoms. The number of nitrogens with zero attached hydrogens (tertiary/aromatic N) is 1. The monoisotopic (exact) mass is 468 g/mol. The molecule has 1 fully saturated rings. The predicted octanol–water partition coefficient (Wildman–Crippen LogP) is 4.02. The van der Waals surface area contributed by atoms with Crippen molar-refractivity contribution in [3.63, 3.8) is 0 Å². The molecule has 0 bridgehead atoms. The van der Waals surface area contributed by atoms with Crippen LogP contribution in [0.4, 0.5) is 0 Å². The van der Waals surface area contributed by atoms with Gasteiger partial charge in [0.05, 0.1) is 17.7 Å². The highest BCUT2D eigenvalue weighted by Gasteiger charge is 2.47. The molecule has 0 aromatic heterocycles. The summed E-state index contributed by atoms with van der Waals surface area (Å²) in [5.74, 6) is -0.0683. The van der Waals surface area contributed by atoms with Gasteiger partial charge in [-0.05, 0) is 48.5 Å². The fourth-order valence-corrected chi connectivity index (χ4v) is 3.85. The molecule has 162 valence electrons. The molecule has 1 saturated heterocycles. The Morgan fingerprint density at radius 2 is 1.72 bits per heavy atom. The minimum absolute atomic E-state index is 0.338. The standard InChI is InChI=1S/C24H19Cl2N3O3/c1-32-19-12-8-16(9-13-19)23(30)27-21-22(15-6-10-18(25)11-7-15)29(28-24(21)31)14-17-4-2-3-5-20(17)26/h2-14,21-22H,1H3,(H-,27,28,30,31)/p+1/b29-14-/t21-,22-/m1/s1. The molecule has 2 N–H and O–H groups in total. The Kier molecular flexibility index (Phi) is 6.44. The number of amides is 2. The van der Waals surface area contributed by atoms with Crippen LogP contribution in [0.5, 0.6) is 5.75 Å². The maximum Gasteiger partial charge on any atom is 0.304 e. The van der Waals surface area contributed by atoms with Crippen LogP contribution in [0.3, 0.4) is 0 Å². The van der Waals surface area contributed by atoms with Crippen LogP contribution < -0.4 is 15.5 Å². The van der Waals surface area contributed by atoms with E-state index in [0.29, 0.717) is 21.4 Å². The van der Waals surface area contributed by atoms with E-state index in [0.717, 1.165) is 11.1 Å². The van der Waals surface area contributed by atoms with Crippen molar-refractivity contribution in [2.24, 2.45) is 0 Å². The first-order valence-corrected chi connectivity index (χ1v) is 10.6. The number of methoxy groups -OCH3 is 1. The Hall–Kier alpha value is -3.35. The molecule has 3 aromatic carbocycles. The second kappa shape index (κ2) is 9.42. The Morgan fingerprint density at radius 3 is 2.38 bits per heavy atom. The van der Waals surface area contributed by atoms with E-state index in [1.165, 1.54) is 0 Å². The smallest absolute Gasteiger partial charge is 0.304 e. The third-order valence-corrected chi connectivity index (χ3v) is 5.77. The molecule has 1 aliphatic heterocycles. The molecule has 1 heterocycles. The fourth-order valence-electron chi connectivity index (χ4n) is 3.54. The average Bonchev–Trinajstić information content (AvgIpc) is 3.10. The Morgan fingerprint density at radius 1 is 1.03 bits per heavy atom. The summed E-state index contributed by atoms with van der Waals surface area (Å²) in [6.45, 7) is 0. The summed E-state index contributed by atoms with van der Waals surface area (Å²) < 4.78 is 6.79. The van der Waals surface area contributed by atoms with Gasteiger partial charge in [-0.15, -0.1) is 10.1 Å². The largest absolute Gasteiger partial charge is 0.497 e. The lowest BCUT2D eigenvalue weighted by atomic mass is 9.99. The van der Waals surface area contributed by atoms with Crippen LogP contribution in [-0.4, -0.2) is 35.9 Å². The zero-order chi connectivity index (χ0) is 22.7. The summed E-state index contributed by atoms with van der Waals surface area (Å²) in [7, 11) is 1.55. The molecule has 4 rings (SSSR count). The molecular weight excluding hydrogens is 449 g/mol. The lowest BCUT2D eigenvalue weighted by Crippen LogP contribution is -2.42. The van der Waals surface area contributed by atoms with E-state index in [-0.39, 0.29) is 11.8 Å². The summed E-state index contributed by atoms with van der Waals surface area (Å²) >= 11 is 12.4. The normalized spacial score (nSPS) is 19.0. The molecule has 0 unspecified atom stereocenters. The third kappa shape index (κ3) is 4.61. The van der Waals surface area contributed by atoms with Crippen LogP contribution in [0.1, 0.15) is 27.5 Å². The third-order valence-electron chi connectivity index (χ3n) is 5.17. The number of hydrogen-bond donors (Lipinski definition) is 2. The van der Waals surface area contributed by atoms with E-state index in [9.17, 15) is 9.59 Å². The van der Waals surface area contributed by atoms with Gasteiger partial charge in [0.15, 0.2) is 6.04 Å². The van der Waals surface area contributed by atoms with Crippen LogP contribution in [0.2, 0.25) is 10.0 Å². The number of benzene rings is 3. The van der Waals surface area contributed by atoms with Crippen molar-refractivity contribution in [2.45, 2.75) is 12.1 Å². The van der Waals surface area contributed by atoms with Gasteiger partial charge in [-0.1, -0.05) is 47.5 Å². The van der Waals surface area contributed by atoms with Gasteiger partial charge in [0.1, 0.15) is 5.75 Å². The molecule has 2 atom stereocenters. The second-order valence-electron chi connectivity index (χ2n) is 7.21. The maximum atomic E-state index is 12.9. The highest BCUT2D eigenvalue weighted by molar-refractivity contribution is 6.33. The average molecular weight is 469 g/mol. The van der Waals surface area contributed by atoms with Gasteiger partial charge in [0, 0.05) is 16.1 Å². The van der Waals surface area contributed by atoms with Crippen molar-refractivity contribution in [3.8, 4) is 5.75 Å². The van der Waals surface area contributed by atoms with E-state index in [1.807, 2.05) is 30.3 Å². The highest BCUT2D eigenvalue weighted by atomic mass is 35.5. The predicted molar refractivity (Wildman–Crippen MR) is 123 cm³/mol. The lowest BCUT2D eigenvalue weighted by Gasteiger charge is -2.15. The zero-order valence-corrected chi connectivity index (χ0v) is 18.6. The van der Waals surface area contributed by atoms with Gasteiger partial charge in [0.2, 0.25) is 12.3 Å². The summed E-state index contributed by atoms with van der Waals surface area (Å²) in [6.07, 6.45) is 1.75. The SMILES string of the molecule is COc1ccc(C(=O)N[C@H]2C(=O)N/[N+](=C\c3ccccc3Cl)[C@@H]2c2ccc(Cl)cc2)cc1. The second-order valence-corrected chi connectivity index (χ2v) is 8.05. The fraction of sp³-hybridized carbons (Fsp3) is 0.125. The number of ether oxygens (including phenoxy) is 1. The summed E-state index contributed by atoms with van der Waals surface area (Å²) in [5.41, 5.74) is 4.78. The van der Waals surface area contributed by atoms with Gasteiger partial charge >= 0.3 is 5.91 Å². The molecule has 0 aliphatic carbocycles. The van der Waals surface area contributed by atoms with Crippen LogP contribution in [0, 0.1) is 0 Å². The van der Waals surface area contributed by atoms with Crippen LogP contribution in [-0.2, 0) is 4.79 Å². The number of hydrazone groups is 1. The van der Waals surface area contributed by atoms with Crippen molar-refractivity contribution in [1.82, 2.24) is 10.7 Å². The molecule has 6 nitrogen and oxygen atoms in total. The van der Waals surface area contributed by atoms with E-state index in [2.05, 4.69) is 10.7 Å². The van der Waals surface area contributed by atoms with Crippen molar-refractivity contribution in [3.05, 3.63) is 99.5 Å². The number of rotatable bonds is 5. The Labute approximate surface area is 195 Å². The van der Waals surface area contributed by atoms with Crippen LogP contribution >= 0.6 is 23.2 Å². The maximum absolute atomic E-state index is 12.9. The van der Waals surface area contributed by atoms with Gasteiger partial charge in [-0.2, -0.15) is 0 Å². The summed E-state index contributed by atoms with van der Waals surface area (Å²) in [4.78, 5) is 25.8. The van der Waals surface area contributed by atoms with Crippen molar-refractivity contribution >= 4 is 41.2 Å². The first-order valence-electron chi connectivity index (χ1n) is 9.85. The van der Waals surface area contributed by atoms with Gasteiger partial charge < -0.3 is 10.1 Å². The van der Waals surface area contributed by atoms with Crippen molar-refractivity contribution in [1.29, 1.82) is 0 Å². The van der Waals surface area contributed by atoms with E-state index >= 15 is 0 Å². The minimum atomic E-state index is -0.843.